The molecule has 0 bridgehead atoms. The minimum atomic E-state index is -0.687. The monoisotopic (exact) mass is 300 g/mol. The fourth-order valence-electron chi connectivity index (χ4n) is 3.37. The third kappa shape index (κ3) is 3.30. The lowest BCUT2D eigenvalue weighted by Crippen LogP contribution is -2.16. The van der Waals surface area contributed by atoms with Crippen molar-refractivity contribution in [2.75, 3.05) is 0 Å². The van der Waals surface area contributed by atoms with Crippen molar-refractivity contribution in [1.29, 1.82) is 0 Å². The lowest BCUT2D eigenvalue weighted by Gasteiger charge is -2.28. The first-order chi connectivity index (χ1) is 10.6. The van der Waals surface area contributed by atoms with Crippen LogP contribution >= 0.6 is 0 Å². The van der Waals surface area contributed by atoms with E-state index >= 15 is 0 Å². The molecule has 5 heteroatoms. The van der Waals surface area contributed by atoms with Gasteiger partial charge in [-0.15, -0.1) is 0 Å². The molecule has 1 fully saturated rings. The predicted molar refractivity (Wildman–Crippen MR) is 83.8 cm³/mol. The number of rotatable bonds is 4. The maximum Gasteiger partial charge on any atom is 0.303 e. The average molecular weight is 300 g/mol. The Morgan fingerprint density at radius 2 is 1.77 bits per heavy atom. The fourth-order valence-corrected chi connectivity index (χ4v) is 3.37. The number of nitrogens with one attached hydrogen (secondary N) is 2. The van der Waals surface area contributed by atoms with E-state index in [0.717, 1.165) is 36.9 Å². The number of hydrogen-bond acceptors (Lipinski definition) is 2. The van der Waals surface area contributed by atoms with Gasteiger partial charge in [-0.3, -0.25) is 19.8 Å². The van der Waals surface area contributed by atoms with Crippen molar-refractivity contribution in [1.82, 2.24) is 10.2 Å². The number of H-pyrrole nitrogens is 2. The van der Waals surface area contributed by atoms with Gasteiger partial charge in [0, 0.05) is 12.5 Å². The van der Waals surface area contributed by atoms with Crippen LogP contribution in [0.3, 0.4) is 0 Å². The zero-order valence-corrected chi connectivity index (χ0v) is 12.3. The summed E-state index contributed by atoms with van der Waals surface area (Å²) < 4.78 is 0. The Morgan fingerprint density at radius 3 is 2.32 bits per heavy atom. The van der Waals surface area contributed by atoms with E-state index in [1.165, 1.54) is 5.56 Å². The summed E-state index contributed by atoms with van der Waals surface area (Å²) in [7, 11) is 0. The van der Waals surface area contributed by atoms with E-state index in [1.54, 1.807) is 6.07 Å². The van der Waals surface area contributed by atoms with E-state index in [1.807, 2.05) is 12.1 Å². The number of aliphatic carboxylic acids is 1. The highest BCUT2D eigenvalue weighted by Crippen LogP contribution is 2.37. The van der Waals surface area contributed by atoms with Crippen LogP contribution in [0.4, 0.5) is 0 Å². The van der Waals surface area contributed by atoms with Crippen molar-refractivity contribution in [3.63, 3.8) is 0 Å². The number of carboxylic acids is 1. The number of aromatic amines is 2. The second kappa shape index (κ2) is 6.22. The molecule has 1 aromatic heterocycles. The van der Waals surface area contributed by atoms with Gasteiger partial charge in [0.15, 0.2) is 0 Å². The molecule has 1 aliphatic carbocycles. The van der Waals surface area contributed by atoms with Gasteiger partial charge in [0.25, 0.3) is 5.56 Å². The molecule has 1 heterocycles. The van der Waals surface area contributed by atoms with Crippen molar-refractivity contribution in [2.24, 2.45) is 5.92 Å². The molecule has 3 rings (SSSR count). The van der Waals surface area contributed by atoms with Gasteiger partial charge in [0.2, 0.25) is 0 Å². The van der Waals surface area contributed by atoms with Crippen LogP contribution in [0.1, 0.15) is 43.6 Å². The zero-order chi connectivity index (χ0) is 15.5. The number of benzene rings is 1. The predicted octanol–water partition coefficient (Wildman–Crippen LogP) is 3.12. The molecule has 0 atom stereocenters. The topological polar surface area (TPSA) is 85.9 Å². The normalized spacial score (nSPS) is 21.6. The van der Waals surface area contributed by atoms with Crippen molar-refractivity contribution < 1.29 is 9.90 Å². The summed E-state index contributed by atoms with van der Waals surface area (Å²) in [4.78, 5) is 21.9. The second-order valence-corrected chi connectivity index (χ2v) is 6.11. The minimum absolute atomic E-state index is 0.129. The Morgan fingerprint density at radius 1 is 1.09 bits per heavy atom. The summed E-state index contributed by atoms with van der Waals surface area (Å²) in [5, 5.41) is 14.2. The van der Waals surface area contributed by atoms with Crippen molar-refractivity contribution >= 4 is 5.97 Å². The molecule has 116 valence electrons. The molecule has 2 aromatic rings. The van der Waals surface area contributed by atoms with Gasteiger partial charge in [-0.1, -0.05) is 24.3 Å². The summed E-state index contributed by atoms with van der Waals surface area (Å²) in [5.74, 6) is 0.163. The van der Waals surface area contributed by atoms with E-state index in [2.05, 4.69) is 22.3 Å². The Labute approximate surface area is 128 Å². The lowest BCUT2D eigenvalue weighted by atomic mass is 9.77. The summed E-state index contributed by atoms with van der Waals surface area (Å²) in [6.45, 7) is 0. The smallest absolute Gasteiger partial charge is 0.303 e. The van der Waals surface area contributed by atoms with Gasteiger partial charge in [0.1, 0.15) is 0 Å². The molecule has 0 unspecified atom stereocenters. The fraction of sp³-hybridized carbons (Fsp3) is 0.412. The molecule has 0 spiro atoms. The molecule has 1 aromatic carbocycles. The van der Waals surface area contributed by atoms with Crippen molar-refractivity contribution in [2.45, 2.75) is 38.0 Å². The van der Waals surface area contributed by atoms with E-state index in [-0.39, 0.29) is 5.56 Å². The van der Waals surface area contributed by atoms with Crippen LogP contribution in [0.2, 0.25) is 0 Å². The van der Waals surface area contributed by atoms with E-state index in [9.17, 15) is 9.59 Å². The van der Waals surface area contributed by atoms with Crippen LogP contribution < -0.4 is 5.56 Å². The van der Waals surface area contributed by atoms with Crippen LogP contribution in [-0.2, 0) is 4.79 Å². The SMILES string of the molecule is O=C(O)CC1CCC(c2ccc(-c3cc(=O)[nH][nH]3)cc2)CC1. The highest BCUT2D eigenvalue weighted by molar-refractivity contribution is 5.67. The quantitative estimate of drug-likeness (QED) is 0.811. The largest absolute Gasteiger partial charge is 0.481 e. The first kappa shape index (κ1) is 14.6. The minimum Gasteiger partial charge on any atom is -0.481 e. The number of hydrogen-bond donors (Lipinski definition) is 3. The Hall–Kier alpha value is -2.30. The van der Waals surface area contributed by atoms with Crippen molar-refractivity contribution in [3.05, 3.63) is 46.2 Å². The Bertz CT molecular complexity index is 691. The third-order valence-corrected chi connectivity index (χ3v) is 4.60. The molecule has 5 nitrogen and oxygen atoms in total. The molecule has 1 aliphatic rings. The molecule has 22 heavy (non-hydrogen) atoms. The highest BCUT2D eigenvalue weighted by Gasteiger charge is 2.23. The van der Waals surface area contributed by atoms with E-state index < -0.39 is 5.97 Å². The Balaban J connectivity index is 1.64. The molecule has 0 aliphatic heterocycles. The summed E-state index contributed by atoms with van der Waals surface area (Å²) in [6.07, 6.45) is 4.39. The molecule has 0 amide bonds. The maximum atomic E-state index is 11.2. The number of carboxylic acid groups (broad SMARTS) is 1. The molecule has 1 saturated carbocycles. The molecule has 0 radical (unpaired) electrons. The van der Waals surface area contributed by atoms with E-state index in [4.69, 9.17) is 5.11 Å². The molecule has 3 N–H and O–H groups in total. The van der Waals surface area contributed by atoms with Gasteiger partial charge in [-0.25, -0.2) is 0 Å². The van der Waals surface area contributed by atoms with Crippen LogP contribution in [0.25, 0.3) is 11.3 Å². The van der Waals surface area contributed by atoms with Crippen LogP contribution in [0.15, 0.2) is 35.1 Å². The third-order valence-electron chi connectivity index (χ3n) is 4.60. The maximum absolute atomic E-state index is 11.2. The van der Waals surface area contributed by atoms with Gasteiger partial charge in [0.05, 0.1) is 5.69 Å². The van der Waals surface area contributed by atoms with Gasteiger partial charge >= 0.3 is 5.97 Å². The number of carbonyl (C=O) groups is 1. The van der Waals surface area contributed by atoms with Crippen LogP contribution in [0.5, 0.6) is 0 Å². The van der Waals surface area contributed by atoms with Crippen LogP contribution in [0, 0.1) is 5.92 Å². The summed E-state index contributed by atoms with van der Waals surface area (Å²) in [5.41, 5.74) is 2.95. The first-order valence-electron chi connectivity index (χ1n) is 7.71. The molecule has 0 saturated heterocycles. The van der Waals surface area contributed by atoms with Crippen molar-refractivity contribution in [3.8, 4) is 11.3 Å². The number of aromatic nitrogens is 2. The first-order valence-corrected chi connectivity index (χ1v) is 7.71. The van der Waals surface area contributed by atoms with Crippen LogP contribution in [-0.4, -0.2) is 21.3 Å². The highest BCUT2D eigenvalue weighted by atomic mass is 16.4. The van der Waals surface area contributed by atoms with Gasteiger partial charge in [-0.05, 0) is 48.6 Å². The standard InChI is InChI=1S/C17H20N2O3/c20-16-10-15(18-19-16)14-7-5-13(6-8-14)12-3-1-11(2-4-12)9-17(21)22/h5-8,10-12H,1-4,9H2,(H,21,22)(H2,18,19,20). The molecular weight excluding hydrogens is 280 g/mol. The van der Waals surface area contributed by atoms with Gasteiger partial charge in [-0.2, -0.15) is 0 Å². The average Bonchev–Trinajstić information content (AvgIpc) is 2.94. The Kier molecular flexibility index (Phi) is 4.13. The van der Waals surface area contributed by atoms with Gasteiger partial charge < -0.3 is 5.11 Å². The lowest BCUT2D eigenvalue weighted by molar-refractivity contribution is -0.138. The summed E-state index contributed by atoms with van der Waals surface area (Å²) >= 11 is 0. The summed E-state index contributed by atoms with van der Waals surface area (Å²) in [6, 6.07) is 9.83. The van der Waals surface area contributed by atoms with E-state index in [0.29, 0.717) is 18.3 Å². The second-order valence-electron chi connectivity index (χ2n) is 6.11. The molecular formula is C17H20N2O3. The zero-order valence-electron chi connectivity index (χ0n) is 12.3.